The second-order valence-corrected chi connectivity index (χ2v) is 5.07. The van der Waals surface area contributed by atoms with Crippen LogP contribution in [-0.4, -0.2) is 4.92 Å². The molecule has 0 atom stereocenters. The van der Waals surface area contributed by atoms with Crippen LogP contribution in [0, 0.1) is 27.3 Å². The Morgan fingerprint density at radius 2 is 2.05 bits per heavy atom. The van der Waals surface area contributed by atoms with Crippen LogP contribution in [0.25, 0.3) is 0 Å². The number of rotatable bonds is 4. The summed E-state index contributed by atoms with van der Waals surface area (Å²) in [6.07, 6.45) is 0. The van der Waals surface area contributed by atoms with Gasteiger partial charge in [0.25, 0.3) is 5.69 Å². The average molecular weight is 351 g/mol. The Hall–Kier alpha value is -2.46. The molecule has 0 N–H and O–H groups in total. The standard InChI is InChI=1S/C14H8BrFN2O3/c15-11-4-13(18(19)20)6-14(5-11)21-8-10-1-9(7-17)2-12(16)3-10/h1-6H,8H2. The van der Waals surface area contributed by atoms with Gasteiger partial charge in [0.2, 0.25) is 0 Å². The molecule has 2 rings (SSSR count). The molecule has 0 radical (unpaired) electrons. The lowest BCUT2D eigenvalue weighted by atomic mass is 10.1. The molecule has 0 saturated heterocycles. The number of nitro benzene ring substituents is 1. The molecule has 0 bridgehead atoms. The highest BCUT2D eigenvalue weighted by Crippen LogP contribution is 2.26. The van der Waals surface area contributed by atoms with Gasteiger partial charge in [0.1, 0.15) is 18.2 Å². The lowest BCUT2D eigenvalue weighted by Crippen LogP contribution is -1.98. The van der Waals surface area contributed by atoms with Gasteiger partial charge in [0, 0.05) is 10.5 Å². The van der Waals surface area contributed by atoms with Crippen LogP contribution in [0.2, 0.25) is 0 Å². The number of ether oxygens (including phenoxy) is 1. The predicted molar refractivity (Wildman–Crippen MR) is 76.2 cm³/mol. The highest BCUT2D eigenvalue weighted by molar-refractivity contribution is 9.10. The third-order valence-corrected chi connectivity index (χ3v) is 3.02. The van der Waals surface area contributed by atoms with Crippen LogP contribution in [0.5, 0.6) is 5.75 Å². The average Bonchev–Trinajstić information content (AvgIpc) is 2.44. The minimum Gasteiger partial charge on any atom is -0.489 e. The number of benzene rings is 2. The molecule has 2 aromatic rings. The van der Waals surface area contributed by atoms with Gasteiger partial charge in [-0.15, -0.1) is 0 Å². The highest BCUT2D eigenvalue weighted by Gasteiger charge is 2.10. The van der Waals surface area contributed by atoms with Gasteiger partial charge < -0.3 is 4.74 Å². The Bertz CT molecular complexity index is 743. The van der Waals surface area contributed by atoms with Gasteiger partial charge in [-0.2, -0.15) is 5.26 Å². The molecule has 0 aliphatic rings. The molecule has 0 aliphatic carbocycles. The van der Waals surface area contributed by atoms with Gasteiger partial charge in [0.05, 0.1) is 22.6 Å². The number of hydrogen-bond acceptors (Lipinski definition) is 4. The topological polar surface area (TPSA) is 76.2 Å². The first-order chi connectivity index (χ1) is 9.97. The molecule has 0 unspecified atom stereocenters. The van der Waals surface area contributed by atoms with E-state index >= 15 is 0 Å². The van der Waals surface area contributed by atoms with Crippen LogP contribution < -0.4 is 4.74 Å². The summed E-state index contributed by atoms with van der Waals surface area (Å²) in [7, 11) is 0. The van der Waals surface area contributed by atoms with Gasteiger partial charge in [-0.25, -0.2) is 4.39 Å². The molecule has 0 spiro atoms. The van der Waals surface area contributed by atoms with Gasteiger partial charge in [-0.05, 0) is 29.8 Å². The van der Waals surface area contributed by atoms with Crippen molar-refractivity contribution in [2.24, 2.45) is 0 Å². The fourth-order valence-electron chi connectivity index (χ4n) is 1.70. The first-order valence-corrected chi connectivity index (χ1v) is 6.54. The van der Waals surface area contributed by atoms with E-state index < -0.39 is 10.7 Å². The molecule has 106 valence electrons. The molecule has 7 heteroatoms. The zero-order chi connectivity index (χ0) is 15.4. The normalized spacial score (nSPS) is 9.95. The molecule has 5 nitrogen and oxygen atoms in total. The van der Waals surface area contributed by atoms with Crippen molar-refractivity contribution >= 4 is 21.6 Å². The van der Waals surface area contributed by atoms with Crippen LogP contribution >= 0.6 is 15.9 Å². The molecule has 21 heavy (non-hydrogen) atoms. The Morgan fingerprint density at radius 1 is 1.29 bits per heavy atom. The van der Waals surface area contributed by atoms with E-state index in [0.717, 1.165) is 6.07 Å². The monoisotopic (exact) mass is 350 g/mol. The maximum Gasteiger partial charge on any atom is 0.274 e. The second kappa shape index (κ2) is 6.33. The summed E-state index contributed by atoms with van der Waals surface area (Å²) in [5.41, 5.74) is 0.541. The van der Waals surface area contributed by atoms with E-state index in [-0.39, 0.29) is 23.6 Å². The van der Waals surface area contributed by atoms with Gasteiger partial charge >= 0.3 is 0 Å². The summed E-state index contributed by atoms with van der Waals surface area (Å²) >= 11 is 3.15. The van der Waals surface area contributed by atoms with E-state index in [1.807, 2.05) is 6.07 Å². The first-order valence-electron chi connectivity index (χ1n) is 5.75. The molecule has 0 saturated carbocycles. The fourth-order valence-corrected chi connectivity index (χ4v) is 2.16. The van der Waals surface area contributed by atoms with E-state index in [4.69, 9.17) is 10.00 Å². The van der Waals surface area contributed by atoms with Crippen molar-refractivity contribution in [3.63, 3.8) is 0 Å². The second-order valence-electron chi connectivity index (χ2n) is 4.15. The van der Waals surface area contributed by atoms with Gasteiger partial charge in [-0.3, -0.25) is 10.1 Å². The van der Waals surface area contributed by atoms with Gasteiger partial charge in [0.15, 0.2) is 0 Å². The summed E-state index contributed by atoms with van der Waals surface area (Å²) in [6.45, 7) is 0.0000472. The van der Waals surface area contributed by atoms with Crippen LogP contribution in [0.1, 0.15) is 11.1 Å². The summed E-state index contributed by atoms with van der Waals surface area (Å²) in [5.74, 6) is -0.258. The lowest BCUT2D eigenvalue weighted by molar-refractivity contribution is -0.385. The molecule has 0 fully saturated rings. The SMILES string of the molecule is N#Cc1cc(F)cc(COc2cc(Br)cc([N+](=O)[O-])c2)c1. The molecule has 0 heterocycles. The minimum atomic E-state index is -0.534. The maximum absolute atomic E-state index is 13.3. The molecular formula is C14H8BrFN2O3. The van der Waals surface area contributed by atoms with E-state index in [1.54, 1.807) is 6.07 Å². The van der Waals surface area contributed by atoms with E-state index in [1.165, 1.54) is 24.3 Å². The van der Waals surface area contributed by atoms with Crippen molar-refractivity contribution < 1.29 is 14.1 Å². The van der Waals surface area contributed by atoms with Crippen molar-refractivity contribution in [3.8, 4) is 11.8 Å². The molecular weight excluding hydrogens is 343 g/mol. The molecule has 2 aromatic carbocycles. The Labute approximate surface area is 127 Å². The van der Waals surface area contributed by atoms with E-state index in [0.29, 0.717) is 10.0 Å². The van der Waals surface area contributed by atoms with Crippen LogP contribution in [-0.2, 0) is 6.61 Å². The zero-order valence-corrected chi connectivity index (χ0v) is 12.1. The fraction of sp³-hybridized carbons (Fsp3) is 0.0714. The van der Waals surface area contributed by atoms with Crippen molar-refractivity contribution in [2.75, 3.05) is 0 Å². The Morgan fingerprint density at radius 3 is 2.71 bits per heavy atom. The summed E-state index contributed by atoms with van der Waals surface area (Å²) in [4.78, 5) is 10.2. The number of hydrogen-bond donors (Lipinski definition) is 0. The van der Waals surface area contributed by atoms with Gasteiger partial charge in [-0.1, -0.05) is 15.9 Å². The highest BCUT2D eigenvalue weighted by atomic mass is 79.9. The van der Waals surface area contributed by atoms with Crippen LogP contribution in [0.4, 0.5) is 10.1 Å². The molecule has 0 amide bonds. The number of halogens is 2. The largest absolute Gasteiger partial charge is 0.489 e. The zero-order valence-electron chi connectivity index (χ0n) is 10.5. The summed E-state index contributed by atoms with van der Waals surface area (Å²) in [6, 6.07) is 9.89. The lowest BCUT2D eigenvalue weighted by Gasteiger charge is -2.07. The van der Waals surface area contributed by atoms with Crippen molar-refractivity contribution in [1.82, 2.24) is 0 Å². The van der Waals surface area contributed by atoms with E-state index in [9.17, 15) is 14.5 Å². The van der Waals surface area contributed by atoms with Crippen molar-refractivity contribution in [2.45, 2.75) is 6.61 Å². The minimum absolute atomic E-state index is 0.0000472. The van der Waals surface area contributed by atoms with Crippen LogP contribution in [0.3, 0.4) is 0 Å². The number of nitrogens with zero attached hydrogens (tertiary/aromatic N) is 2. The Balaban J connectivity index is 2.18. The Kier molecular flexibility index (Phi) is 4.50. The summed E-state index contributed by atoms with van der Waals surface area (Å²) < 4.78 is 19.2. The first kappa shape index (κ1) is 14.9. The smallest absolute Gasteiger partial charge is 0.274 e. The summed E-state index contributed by atoms with van der Waals surface area (Å²) in [5, 5.41) is 19.5. The predicted octanol–water partition coefficient (Wildman–Crippen LogP) is 3.95. The van der Waals surface area contributed by atoms with Crippen LogP contribution in [0.15, 0.2) is 40.9 Å². The quantitative estimate of drug-likeness (QED) is 0.617. The number of nitro groups is 1. The van der Waals surface area contributed by atoms with Crippen molar-refractivity contribution in [1.29, 1.82) is 5.26 Å². The number of nitriles is 1. The third kappa shape index (κ3) is 4.00. The third-order valence-electron chi connectivity index (χ3n) is 2.56. The molecule has 0 aromatic heterocycles. The van der Waals surface area contributed by atoms with E-state index in [2.05, 4.69) is 15.9 Å². The maximum atomic E-state index is 13.3. The molecule has 0 aliphatic heterocycles. The number of non-ortho nitro benzene ring substituents is 1. The van der Waals surface area contributed by atoms with Crippen molar-refractivity contribution in [3.05, 3.63) is 67.9 Å².